The average molecular weight is 535 g/mol. The molecule has 0 unspecified atom stereocenters. The number of carbonyl (C=O) groups excluding carboxylic acids is 2. The summed E-state index contributed by atoms with van der Waals surface area (Å²) in [4.78, 5) is 31.5. The number of carbonyl (C=O) groups is 2. The number of aromatic hydroxyl groups is 1. The minimum atomic E-state index is -3.71. The summed E-state index contributed by atoms with van der Waals surface area (Å²) < 4.78 is 30.4. The highest BCUT2D eigenvalue weighted by Gasteiger charge is 2.22. The van der Waals surface area contributed by atoms with Gasteiger partial charge in [0, 0.05) is 23.5 Å². The topological polar surface area (TPSA) is 141 Å². The minimum Gasteiger partial charge on any atom is -0.494 e. The van der Waals surface area contributed by atoms with Crippen molar-refractivity contribution in [3.05, 3.63) is 89.5 Å². The highest BCUT2D eigenvalue weighted by molar-refractivity contribution is 7.92. The largest absolute Gasteiger partial charge is 0.494 e. The Kier molecular flexibility index (Phi) is 7.49. The molecule has 0 bridgehead atoms. The molecule has 4 aromatic rings. The third-order valence-electron chi connectivity index (χ3n) is 5.83. The van der Waals surface area contributed by atoms with Gasteiger partial charge in [-0.3, -0.25) is 9.10 Å². The maximum Gasteiger partial charge on any atom is 0.337 e. The average Bonchev–Trinajstić information content (AvgIpc) is 3.24. The van der Waals surface area contributed by atoms with Crippen LogP contribution in [0.1, 0.15) is 21.5 Å². The Morgan fingerprint density at radius 1 is 1.03 bits per heavy atom. The van der Waals surface area contributed by atoms with Crippen molar-refractivity contribution in [2.24, 2.45) is 4.99 Å². The van der Waals surface area contributed by atoms with Crippen molar-refractivity contribution < 1.29 is 27.9 Å². The normalized spacial score (nSPS) is 11.8. The fourth-order valence-corrected chi connectivity index (χ4v) is 4.82. The van der Waals surface area contributed by atoms with Crippen LogP contribution in [0.25, 0.3) is 10.9 Å². The lowest BCUT2D eigenvalue weighted by Crippen LogP contribution is -2.39. The second-order valence-electron chi connectivity index (χ2n) is 8.39. The number of rotatable bonds is 8. The van der Waals surface area contributed by atoms with Crippen LogP contribution < -0.4 is 9.62 Å². The number of aliphatic imine (C=N–C) groups is 1. The molecule has 1 aromatic heterocycles. The molecule has 0 atom stereocenters. The first-order valence-corrected chi connectivity index (χ1v) is 13.3. The number of sulfonamides is 1. The van der Waals surface area contributed by atoms with Crippen LogP contribution in [-0.4, -0.2) is 63.1 Å². The number of ether oxygens (including phenoxy) is 1. The molecule has 4 rings (SSSR count). The summed E-state index contributed by atoms with van der Waals surface area (Å²) in [5.41, 5.74) is 3.26. The van der Waals surface area contributed by atoms with Gasteiger partial charge in [0.2, 0.25) is 15.9 Å². The third-order valence-corrected chi connectivity index (χ3v) is 6.97. The summed E-state index contributed by atoms with van der Waals surface area (Å²) in [5, 5.41) is 13.9. The van der Waals surface area contributed by atoms with Crippen molar-refractivity contribution in [2.75, 3.05) is 31.3 Å². The van der Waals surface area contributed by atoms with Crippen molar-refractivity contribution in [1.29, 1.82) is 0 Å². The second kappa shape index (κ2) is 10.8. The molecule has 0 radical (unpaired) electrons. The summed E-state index contributed by atoms with van der Waals surface area (Å²) in [5.74, 6) is -1.08. The van der Waals surface area contributed by atoms with Crippen molar-refractivity contribution in [3.8, 4) is 5.88 Å². The molecule has 196 valence electrons. The van der Waals surface area contributed by atoms with Crippen LogP contribution in [0, 0.1) is 0 Å². The lowest BCUT2D eigenvalue weighted by Gasteiger charge is -2.21. The van der Waals surface area contributed by atoms with E-state index in [4.69, 9.17) is 9.73 Å². The quantitative estimate of drug-likeness (QED) is 0.234. The first-order valence-electron chi connectivity index (χ1n) is 11.5. The first kappa shape index (κ1) is 26.4. The van der Waals surface area contributed by atoms with Gasteiger partial charge in [0.1, 0.15) is 6.54 Å². The molecular weight excluding hydrogens is 508 g/mol. The van der Waals surface area contributed by atoms with E-state index in [9.17, 15) is 23.1 Å². The number of hydrogen-bond donors (Lipinski definition) is 3. The van der Waals surface area contributed by atoms with Crippen LogP contribution in [0.3, 0.4) is 0 Å². The zero-order valence-corrected chi connectivity index (χ0v) is 21.7. The second-order valence-corrected chi connectivity index (χ2v) is 10.3. The van der Waals surface area contributed by atoms with Crippen molar-refractivity contribution >= 4 is 49.9 Å². The number of amides is 1. The fourth-order valence-electron chi connectivity index (χ4n) is 3.96. The zero-order chi connectivity index (χ0) is 27.4. The number of aromatic nitrogens is 1. The number of nitrogens with one attached hydrogen (secondary N) is 2. The van der Waals surface area contributed by atoms with Crippen LogP contribution in [0.5, 0.6) is 5.88 Å². The number of hydrogen-bond acceptors (Lipinski definition) is 7. The molecule has 1 amide bonds. The van der Waals surface area contributed by atoms with Crippen molar-refractivity contribution in [2.45, 2.75) is 0 Å². The van der Waals surface area contributed by atoms with Gasteiger partial charge in [-0.15, -0.1) is 0 Å². The zero-order valence-electron chi connectivity index (χ0n) is 20.9. The van der Waals surface area contributed by atoms with Gasteiger partial charge in [0.05, 0.1) is 41.6 Å². The summed E-state index contributed by atoms with van der Waals surface area (Å²) >= 11 is 0. The van der Waals surface area contributed by atoms with Gasteiger partial charge in [0.25, 0.3) is 0 Å². The summed E-state index contributed by atoms with van der Waals surface area (Å²) in [6, 6.07) is 20.5. The molecule has 3 N–H and O–H groups in total. The molecule has 0 fully saturated rings. The Bertz CT molecular complexity index is 1630. The highest BCUT2D eigenvalue weighted by atomic mass is 32.2. The fraction of sp³-hybridized carbons (Fsp3) is 0.148. The molecule has 3 aromatic carbocycles. The molecule has 1 heterocycles. The summed E-state index contributed by atoms with van der Waals surface area (Å²) in [6.45, 7) is -0.357. The number of methoxy groups -OCH3 is 1. The molecule has 10 nitrogen and oxygen atoms in total. The number of esters is 1. The Morgan fingerprint density at radius 3 is 2.32 bits per heavy atom. The maximum absolute atomic E-state index is 12.3. The first-order chi connectivity index (χ1) is 18.1. The van der Waals surface area contributed by atoms with Crippen LogP contribution in [0.15, 0.2) is 77.8 Å². The van der Waals surface area contributed by atoms with Crippen molar-refractivity contribution in [1.82, 2.24) is 10.3 Å². The van der Waals surface area contributed by atoms with Gasteiger partial charge in [-0.1, -0.05) is 36.4 Å². The number of aromatic amines is 1. The molecule has 0 spiro atoms. The molecule has 0 aliphatic rings. The smallest absolute Gasteiger partial charge is 0.337 e. The van der Waals surface area contributed by atoms with Gasteiger partial charge in [-0.2, -0.15) is 0 Å². The van der Waals surface area contributed by atoms with Gasteiger partial charge < -0.3 is 20.1 Å². The maximum atomic E-state index is 12.3. The molecular formula is C27H26N4O6S. The number of nitrogens with zero attached hydrogens (tertiary/aromatic N) is 2. The number of benzene rings is 3. The number of H-pyrrole nitrogens is 1. The van der Waals surface area contributed by atoms with E-state index in [0.29, 0.717) is 39.1 Å². The van der Waals surface area contributed by atoms with Crippen LogP contribution in [0.2, 0.25) is 0 Å². The number of anilines is 1. The molecule has 0 saturated heterocycles. The number of likely N-dealkylation sites (N-methyl/N-ethyl adjacent to an activating group) is 1. The molecule has 11 heteroatoms. The van der Waals surface area contributed by atoms with Crippen LogP contribution >= 0.6 is 0 Å². The SMILES string of the molecule is CNC(=O)CN(c1ccc(N=C(c2ccccc2)c2c(O)[nH]c3cc(C(=O)OC)ccc23)cc1)S(C)(=O)=O. The predicted octanol–water partition coefficient (Wildman–Crippen LogP) is 3.34. The Balaban J connectivity index is 1.82. The Labute approximate surface area is 219 Å². The van der Waals surface area contributed by atoms with E-state index in [0.717, 1.165) is 16.1 Å². The third kappa shape index (κ3) is 5.52. The van der Waals surface area contributed by atoms with Crippen LogP contribution in [-0.2, 0) is 19.6 Å². The summed E-state index contributed by atoms with van der Waals surface area (Å²) in [6.07, 6.45) is 1.03. The minimum absolute atomic E-state index is 0.130. The van der Waals surface area contributed by atoms with Gasteiger partial charge in [-0.25, -0.2) is 18.2 Å². The van der Waals surface area contributed by atoms with Gasteiger partial charge in [0.15, 0.2) is 5.88 Å². The van der Waals surface area contributed by atoms with Gasteiger partial charge in [-0.05, 0) is 36.4 Å². The lowest BCUT2D eigenvalue weighted by molar-refractivity contribution is -0.119. The van der Waals surface area contributed by atoms with Crippen molar-refractivity contribution in [3.63, 3.8) is 0 Å². The lowest BCUT2D eigenvalue weighted by atomic mass is 10.00. The van der Waals surface area contributed by atoms with Crippen LogP contribution in [0.4, 0.5) is 11.4 Å². The molecule has 0 saturated carbocycles. The van der Waals surface area contributed by atoms with E-state index in [1.54, 1.807) is 42.5 Å². The van der Waals surface area contributed by atoms with Gasteiger partial charge >= 0.3 is 5.97 Å². The predicted molar refractivity (Wildman–Crippen MR) is 146 cm³/mol. The molecule has 38 heavy (non-hydrogen) atoms. The summed E-state index contributed by atoms with van der Waals surface area (Å²) in [7, 11) is -0.985. The van der Waals surface area contributed by atoms with E-state index in [1.807, 2.05) is 30.3 Å². The van der Waals surface area contributed by atoms with E-state index >= 15 is 0 Å². The van der Waals surface area contributed by atoms with E-state index in [-0.39, 0.29) is 12.4 Å². The highest BCUT2D eigenvalue weighted by Crippen LogP contribution is 2.32. The standard InChI is InChI=1S/C27H26N4O6S/c1-28-23(32)16-31(38(3,35)36)20-12-10-19(11-13-20)29-25(17-7-5-4-6-8-17)24-21-14-9-18(27(34)37-2)15-22(21)30-26(24)33/h4-15,30,33H,16H2,1-3H3,(H,28,32). The number of fused-ring (bicyclic) bond motifs is 1. The molecule has 0 aliphatic carbocycles. The molecule has 0 aliphatic heterocycles. The van der Waals surface area contributed by atoms with E-state index < -0.39 is 21.9 Å². The Hall–Kier alpha value is -4.64. The monoisotopic (exact) mass is 534 g/mol. The van der Waals surface area contributed by atoms with E-state index in [1.165, 1.54) is 14.2 Å². The Morgan fingerprint density at radius 2 is 1.71 bits per heavy atom. The van der Waals surface area contributed by atoms with E-state index in [2.05, 4.69) is 10.3 Å².